The lowest BCUT2D eigenvalue weighted by atomic mass is 9.78. The minimum Gasteiger partial charge on any atom is -0.493 e. The van der Waals surface area contributed by atoms with Gasteiger partial charge in [-0.05, 0) is 35.4 Å². The Bertz CT molecular complexity index is 755. The van der Waals surface area contributed by atoms with E-state index in [2.05, 4.69) is 0 Å². The minimum absolute atomic E-state index is 0.0515. The van der Waals surface area contributed by atoms with E-state index in [9.17, 15) is 17.6 Å². The summed E-state index contributed by atoms with van der Waals surface area (Å²) >= 11 is 0. The van der Waals surface area contributed by atoms with E-state index in [0.29, 0.717) is 12.4 Å². The molecular weight excluding hydrogens is 388 g/mol. The van der Waals surface area contributed by atoms with Gasteiger partial charge >= 0.3 is 6.18 Å². The second-order valence-corrected chi connectivity index (χ2v) is 7.59. The number of aliphatic hydroxyl groups is 1. The summed E-state index contributed by atoms with van der Waals surface area (Å²) in [6.45, 7) is 5.35. The number of alkyl halides is 4. The molecule has 0 saturated heterocycles. The molecule has 0 radical (unpaired) electrons. The van der Waals surface area contributed by atoms with Gasteiger partial charge in [-0.2, -0.15) is 13.2 Å². The first-order valence-corrected chi connectivity index (χ1v) is 9.32. The first-order chi connectivity index (χ1) is 13.5. The van der Waals surface area contributed by atoms with Crippen LogP contribution in [-0.4, -0.2) is 37.3 Å². The van der Waals surface area contributed by atoms with Crippen LogP contribution in [0.3, 0.4) is 0 Å². The molecule has 0 aliphatic heterocycles. The number of hydrogen-bond acceptors (Lipinski definition) is 3. The largest absolute Gasteiger partial charge is 0.493 e. The maximum absolute atomic E-state index is 13.0. The van der Waals surface area contributed by atoms with Crippen molar-refractivity contribution in [2.45, 2.75) is 38.5 Å². The number of aliphatic hydroxyl groups excluding tert-OH is 1. The quantitative estimate of drug-likeness (QED) is 0.566. The highest BCUT2D eigenvalue weighted by atomic mass is 19.4. The lowest BCUT2D eigenvalue weighted by Gasteiger charge is -2.26. The van der Waals surface area contributed by atoms with Crippen LogP contribution < -0.4 is 9.47 Å². The second kappa shape index (κ2) is 9.48. The van der Waals surface area contributed by atoms with Crippen molar-refractivity contribution < 1.29 is 32.1 Å². The SMILES string of the molecule is CC(CO)COc1ccc(C(C)(C)c2ccc(OCC(F)C(F)(F)F)cc2)cc1. The Balaban J connectivity index is 2.03. The maximum Gasteiger partial charge on any atom is 0.423 e. The average Bonchev–Trinajstić information content (AvgIpc) is 2.70. The van der Waals surface area contributed by atoms with Gasteiger partial charge in [0.25, 0.3) is 0 Å². The van der Waals surface area contributed by atoms with E-state index in [4.69, 9.17) is 14.6 Å². The Morgan fingerprint density at radius 2 is 1.24 bits per heavy atom. The van der Waals surface area contributed by atoms with Gasteiger partial charge < -0.3 is 14.6 Å². The van der Waals surface area contributed by atoms with Gasteiger partial charge in [0.1, 0.15) is 18.1 Å². The zero-order valence-electron chi connectivity index (χ0n) is 16.7. The summed E-state index contributed by atoms with van der Waals surface area (Å²) in [7, 11) is 0. The fraction of sp³-hybridized carbons (Fsp3) is 0.455. The van der Waals surface area contributed by atoms with E-state index < -0.39 is 19.0 Å². The van der Waals surface area contributed by atoms with Gasteiger partial charge in [-0.25, -0.2) is 4.39 Å². The van der Waals surface area contributed by atoms with Crippen molar-refractivity contribution in [1.82, 2.24) is 0 Å². The Morgan fingerprint density at radius 1 is 0.828 bits per heavy atom. The van der Waals surface area contributed by atoms with Gasteiger partial charge in [0.2, 0.25) is 6.17 Å². The molecule has 29 heavy (non-hydrogen) atoms. The molecule has 0 spiro atoms. The van der Waals surface area contributed by atoms with Crippen LogP contribution in [0.25, 0.3) is 0 Å². The number of hydrogen-bond donors (Lipinski definition) is 1. The molecule has 0 aliphatic carbocycles. The van der Waals surface area contributed by atoms with E-state index in [1.54, 1.807) is 12.1 Å². The third-order valence-corrected chi connectivity index (χ3v) is 4.75. The van der Waals surface area contributed by atoms with Crippen LogP contribution in [0.1, 0.15) is 31.9 Å². The van der Waals surface area contributed by atoms with Gasteiger partial charge in [-0.1, -0.05) is 45.0 Å². The van der Waals surface area contributed by atoms with Gasteiger partial charge in [0.05, 0.1) is 6.61 Å². The Labute approximate surface area is 168 Å². The van der Waals surface area contributed by atoms with E-state index in [0.717, 1.165) is 11.1 Å². The molecule has 0 amide bonds. The first kappa shape index (κ1) is 23.0. The van der Waals surface area contributed by atoms with Crippen molar-refractivity contribution in [2.75, 3.05) is 19.8 Å². The van der Waals surface area contributed by atoms with Crippen LogP contribution in [-0.2, 0) is 5.41 Å². The van der Waals surface area contributed by atoms with Crippen LogP contribution in [0.4, 0.5) is 17.6 Å². The standard InChI is InChI=1S/C22H26F4O3/c1-15(12-27)13-28-18-8-4-16(5-9-18)21(2,3)17-6-10-19(11-7-17)29-14-20(23)22(24,25)26/h4-11,15,20,27H,12-14H2,1-3H3. The van der Waals surface area contributed by atoms with E-state index >= 15 is 0 Å². The second-order valence-electron chi connectivity index (χ2n) is 7.59. The van der Waals surface area contributed by atoms with Crippen molar-refractivity contribution in [3.63, 3.8) is 0 Å². The van der Waals surface area contributed by atoms with E-state index in [1.807, 2.05) is 45.0 Å². The molecule has 1 N–H and O–H groups in total. The number of rotatable bonds is 9. The zero-order valence-corrected chi connectivity index (χ0v) is 16.7. The molecule has 160 valence electrons. The van der Waals surface area contributed by atoms with Crippen molar-refractivity contribution in [3.05, 3.63) is 59.7 Å². The lowest BCUT2D eigenvalue weighted by molar-refractivity contribution is -0.187. The molecule has 0 aromatic heterocycles. The Morgan fingerprint density at radius 3 is 1.62 bits per heavy atom. The summed E-state index contributed by atoms with van der Waals surface area (Å²) in [6, 6.07) is 14.2. The van der Waals surface area contributed by atoms with E-state index in [1.165, 1.54) is 12.1 Å². The van der Waals surface area contributed by atoms with Crippen LogP contribution in [0.2, 0.25) is 0 Å². The predicted molar refractivity (Wildman–Crippen MR) is 103 cm³/mol. The Hall–Kier alpha value is -2.28. The minimum atomic E-state index is -4.92. The number of halogens is 4. The molecule has 7 heteroatoms. The molecule has 2 atom stereocenters. The average molecular weight is 414 g/mol. The van der Waals surface area contributed by atoms with Crippen molar-refractivity contribution in [1.29, 1.82) is 0 Å². The molecule has 0 saturated carbocycles. The maximum atomic E-state index is 13.0. The lowest BCUT2D eigenvalue weighted by Crippen LogP contribution is -2.30. The highest BCUT2D eigenvalue weighted by Gasteiger charge is 2.40. The molecule has 0 fully saturated rings. The summed E-state index contributed by atoms with van der Waals surface area (Å²) in [5, 5.41) is 9.05. The molecular formula is C22H26F4O3. The summed E-state index contributed by atoms with van der Waals surface area (Å²) in [4.78, 5) is 0. The molecule has 2 unspecified atom stereocenters. The third-order valence-electron chi connectivity index (χ3n) is 4.75. The van der Waals surface area contributed by atoms with E-state index in [-0.39, 0.29) is 23.7 Å². The fourth-order valence-corrected chi connectivity index (χ4v) is 2.66. The Kier molecular flexibility index (Phi) is 7.52. The van der Waals surface area contributed by atoms with Crippen LogP contribution in [0.15, 0.2) is 48.5 Å². The molecule has 2 aromatic carbocycles. The van der Waals surface area contributed by atoms with Crippen molar-refractivity contribution >= 4 is 0 Å². The molecule has 0 bridgehead atoms. The highest BCUT2D eigenvalue weighted by Crippen LogP contribution is 2.33. The van der Waals surface area contributed by atoms with Gasteiger partial charge in [-0.3, -0.25) is 0 Å². The van der Waals surface area contributed by atoms with Crippen molar-refractivity contribution in [2.24, 2.45) is 5.92 Å². The predicted octanol–water partition coefficient (Wildman–Crippen LogP) is 5.30. The molecule has 2 rings (SSSR count). The monoisotopic (exact) mass is 414 g/mol. The van der Waals surface area contributed by atoms with Crippen LogP contribution in [0.5, 0.6) is 11.5 Å². The van der Waals surface area contributed by atoms with Crippen LogP contribution in [0, 0.1) is 5.92 Å². The molecule has 0 aliphatic rings. The van der Waals surface area contributed by atoms with Crippen LogP contribution >= 0.6 is 0 Å². The van der Waals surface area contributed by atoms with Gasteiger partial charge in [0, 0.05) is 17.9 Å². The first-order valence-electron chi connectivity index (χ1n) is 9.32. The zero-order chi connectivity index (χ0) is 21.7. The summed E-state index contributed by atoms with van der Waals surface area (Å²) in [5.74, 6) is 0.938. The van der Waals surface area contributed by atoms with Gasteiger partial charge in [0.15, 0.2) is 0 Å². The summed E-state index contributed by atoms with van der Waals surface area (Å²) < 4.78 is 60.2. The third kappa shape index (κ3) is 6.35. The smallest absolute Gasteiger partial charge is 0.423 e. The molecule has 3 nitrogen and oxygen atoms in total. The topological polar surface area (TPSA) is 38.7 Å². The summed E-state index contributed by atoms with van der Waals surface area (Å²) in [5.41, 5.74) is 1.58. The normalized spacial score (nSPS) is 14.3. The fourth-order valence-electron chi connectivity index (χ4n) is 2.66. The number of ether oxygens (including phenoxy) is 2. The van der Waals surface area contributed by atoms with Crippen molar-refractivity contribution in [3.8, 4) is 11.5 Å². The summed E-state index contributed by atoms with van der Waals surface area (Å²) in [6.07, 6.45) is -7.94. The highest BCUT2D eigenvalue weighted by molar-refractivity contribution is 5.41. The molecule has 0 heterocycles. The molecule has 2 aromatic rings. The van der Waals surface area contributed by atoms with Gasteiger partial charge in [-0.15, -0.1) is 0 Å². The number of benzene rings is 2.